The van der Waals surface area contributed by atoms with Crippen molar-refractivity contribution in [1.29, 1.82) is 0 Å². The summed E-state index contributed by atoms with van der Waals surface area (Å²) in [5.41, 5.74) is 0. The first kappa shape index (κ1) is 5.30. The van der Waals surface area contributed by atoms with E-state index in [0.29, 0.717) is 0 Å². The number of thiol groups is 1. The lowest BCUT2D eigenvalue weighted by Gasteiger charge is -1.75. The van der Waals surface area contributed by atoms with Crippen molar-refractivity contribution < 1.29 is 4.79 Å². The van der Waals surface area contributed by atoms with E-state index in [9.17, 15) is 4.79 Å². The second-order valence-electron chi connectivity index (χ2n) is 1.13. The van der Waals surface area contributed by atoms with Gasteiger partial charge in [0.25, 0.3) is 5.12 Å². The highest BCUT2D eigenvalue weighted by Crippen LogP contribution is 1.89. The van der Waals surface area contributed by atoms with E-state index in [-0.39, 0.29) is 5.82 Å². The maximum atomic E-state index is 10.2. The van der Waals surface area contributed by atoms with Crippen LogP contribution in [0, 0.1) is 0 Å². The predicted octanol–water partition coefficient (Wildman–Crippen LogP) is -0.125. The van der Waals surface area contributed by atoms with E-state index in [1.807, 2.05) is 0 Å². The Balaban J connectivity index is 2.93. The normalized spacial score (nSPS) is 9.12. The van der Waals surface area contributed by atoms with Gasteiger partial charge in [-0.05, 0) is 0 Å². The molecule has 4 nitrogen and oxygen atoms in total. The lowest BCUT2D eigenvalue weighted by molar-refractivity contribution is 0.108. The minimum atomic E-state index is -0.425. The first-order valence-corrected chi connectivity index (χ1v) is 2.34. The molecule has 0 aliphatic carbocycles. The highest BCUT2D eigenvalue weighted by Gasteiger charge is 2.00. The van der Waals surface area contributed by atoms with Crippen LogP contribution >= 0.6 is 12.6 Å². The molecule has 0 saturated carbocycles. The molecule has 0 saturated heterocycles. The van der Waals surface area contributed by atoms with Crippen molar-refractivity contribution in [3.05, 3.63) is 12.2 Å². The van der Waals surface area contributed by atoms with Crippen molar-refractivity contribution in [3.8, 4) is 0 Å². The van der Waals surface area contributed by atoms with Gasteiger partial charge in [-0.2, -0.15) is 0 Å². The van der Waals surface area contributed by atoms with Gasteiger partial charge in [-0.25, -0.2) is 4.98 Å². The van der Waals surface area contributed by atoms with Crippen LogP contribution in [0.5, 0.6) is 0 Å². The minimum Gasteiger partial charge on any atom is -0.278 e. The number of hydrogen-bond acceptors (Lipinski definition) is 3. The quantitative estimate of drug-likeness (QED) is 0.519. The second kappa shape index (κ2) is 1.95. The van der Waals surface area contributed by atoms with Crippen LogP contribution in [0.2, 0.25) is 0 Å². The molecule has 0 fully saturated rings. The molecule has 0 unspecified atom stereocenters. The Labute approximate surface area is 50.7 Å². The maximum absolute atomic E-state index is 10.2. The lowest BCUT2D eigenvalue weighted by Crippen LogP contribution is -1.90. The molecule has 42 valence electrons. The molecular weight excluding hydrogens is 126 g/mol. The molecule has 0 amide bonds. The van der Waals surface area contributed by atoms with Gasteiger partial charge in [0.15, 0.2) is 0 Å². The molecule has 8 heavy (non-hydrogen) atoms. The molecular formula is C3H3N3OS. The standard InChI is InChI=1S/C3H3N3OS/c7-3(8)2-4-1-5-6-2/h1H,(H,7,8)(H,4,5,6). The Bertz CT molecular complexity index is 182. The molecule has 0 spiro atoms. The zero-order valence-corrected chi connectivity index (χ0v) is 4.72. The topological polar surface area (TPSA) is 58.6 Å². The second-order valence-corrected chi connectivity index (χ2v) is 1.53. The zero-order valence-electron chi connectivity index (χ0n) is 3.83. The van der Waals surface area contributed by atoms with Crippen molar-refractivity contribution in [2.24, 2.45) is 0 Å². The van der Waals surface area contributed by atoms with Crippen LogP contribution in [0.4, 0.5) is 0 Å². The Morgan fingerprint density at radius 3 is 2.88 bits per heavy atom. The van der Waals surface area contributed by atoms with Crippen LogP contribution in [-0.2, 0) is 0 Å². The molecule has 0 radical (unpaired) electrons. The number of carbonyl (C=O) groups is 1. The molecule has 1 aromatic rings. The van der Waals surface area contributed by atoms with E-state index in [1.54, 1.807) is 0 Å². The smallest absolute Gasteiger partial charge is 0.255 e. The third-order valence-electron chi connectivity index (χ3n) is 0.606. The summed E-state index contributed by atoms with van der Waals surface area (Å²) < 4.78 is 0. The fourth-order valence-corrected chi connectivity index (χ4v) is 0.420. The van der Waals surface area contributed by atoms with E-state index < -0.39 is 5.12 Å². The van der Waals surface area contributed by atoms with Gasteiger partial charge in [0.2, 0.25) is 5.82 Å². The lowest BCUT2D eigenvalue weighted by atomic mass is 10.7. The number of aromatic amines is 1. The van der Waals surface area contributed by atoms with Crippen LogP contribution in [-0.4, -0.2) is 20.3 Å². The van der Waals surface area contributed by atoms with Crippen molar-refractivity contribution >= 4 is 17.7 Å². The van der Waals surface area contributed by atoms with Crippen molar-refractivity contribution in [3.63, 3.8) is 0 Å². The Hall–Kier alpha value is -0.840. The van der Waals surface area contributed by atoms with Crippen LogP contribution < -0.4 is 0 Å². The number of hydrogen-bond donors (Lipinski definition) is 2. The van der Waals surface area contributed by atoms with Gasteiger partial charge in [0.05, 0.1) is 0 Å². The molecule has 1 N–H and O–H groups in total. The van der Waals surface area contributed by atoms with E-state index in [2.05, 4.69) is 27.8 Å². The van der Waals surface area contributed by atoms with Gasteiger partial charge >= 0.3 is 0 Å². The van der Waals surface area contributed by atoms with Crippen molar-refractivity contribution in [2.45, 2.75) is 0 Å². The molecule has 1 rings (SSSR count). The number of H-pyrrole nitrogens is 1. The van der Waals surface area contributed by atoms with Gasteiger partial charge in [-0.15, -0.1) is 5.10 Å². The summed E-state index contributed by atoms with van der Waals surface area (Å²) in [4.78, 5) is 13.7. The molecule has 0 aromatic carbocycles. The average Bonchev–Trinajstić information content (AvgIpc) is 2.12. The van der Waals surface area contributed by atoms with E-state index in [1.165, 1.54) is 6.33 Å². The van der Waals surface area contributed by atoms with E-state index in [4.69, 9.17) is 0 Å². The Morgan fingerprint density at radius 1 is 1.88 bits per heavy atom. The molecule has 0 aliphatic heterocycles. The van der Waals surface area contributed by atoms with E-state index >= 15 is 0 Å². The summed E-state index contributed by atoms with van der Waals surface area (Å²) in [6, 6.07) is 0. The first-order valence-electron chi connectivity index (χ1n) is 1.90. The number of carbonyl (C=O) groups excluding carboxylic acids is 1. The molecule has 0 atom stereocenters. The van der Waals surface area contributed by atoms with Crippen molar-refractivity contribution in [1.82, 2.24) is 15.2 Å². The molecule has 1 aromatic heterocycles. The van der Waals surface area contributed by atoms with Crippen LogP contribution in [0.1, 0.15) is 10.6 Å². The van der Waals surface area contributed by atoms with Crippen LogP contribution in [0.25, 0.3) is 0 Å². The highest BCUT2D eigenvalue weighted by molar-refractivity contribution is 7.97. The van der Waals surface area contributed by atoms with Gasteiger partial charge in [0.1, 0.15) is 6.33 Å². The Morgan fingerprint density at radius 2 is 2.62 bits per heavy atom. The van der Waals surface area contributed by atoms with Crippen LogP contribution in [0.15, 0.2) is 6.33 Å². The highest BCUT2D eigenvalue weighted by atomic mass is 32.1. The maximum Gasteiger partial charge on any atom is 0.255 e. The summed E-state index contributed by atoms with van der Waals surface area (Å²) in [5, 5.41) is 5.41. The first-order chi connectivity index (χ1) is 3.80. The summed E-state index contributed by atoms with van der Waals surface area (Å²) in [6.45, 7) is 0. The van der Waals surface area contributed by atoms with Gasteiger partial charge in [-0.1, -0.05) is 12.6 Å². The molecule has 0 aliphatic rings. The fraction of sp³-hybridized carbons (Fsp3) is 0. The zero-order chi connectivity index (χ0) is 5.98. The van der Waals surface area contributed by atoms with Gasteiger partial charge < -0.3 is 0 Å². The largest absolute Gasteiger partial charge is 0.278 e. The van der Waals surface area contributed by atoms with Crippen molar-refractivity contribution in [2.75, 3.05) is 0 Å². The third-order valence-corrected chi connectivity index (χ3v) is 0.806. The summed E-state index contributed by atoms with van der Waals surface area (Å²) in [6.07, 6.45) is 1.32. The molecule has 0 bridgehead atoms. The summed E-state index contributed by atoms with van der Waals surface area (Å²) >= 11 is 3.47. The number of rotatable bonds is 1. The number of nitrogens with zero attached hydrogens (tertiary/aromatic N) is 2. The van der Waals surface area contributed by atoms with E-state index in [0.717, 1.165) is 0 Å². The number of nitrogens with one attached hydrogen (secondary N) is 1. The van der Waals surface area contributed by atoms with Crippen LogP contribution in [0.3, 0.4) is 0 Å². The average molecular weight is 129 g/mol. The van der Waals surface area contributed by atoms with Gasteiger partial charge in [0, 0.05) is 0 Å². The Kier molecular flexibility index (Phi) is 1.29. The summed E-state index contributed by atoms with van der Waals surface area (Å²) in [7, 11) is 0. The number of aromatic nitrogens is 3. The summed E-state index contributed by atoms with van der Waals surface area (Å²) in [5.74, 6) is 0.105. The minimum absolute atomic E-state index is 0.105. The molecule has 5 heteroatoms. The fourth-order valence-electron chi connectivity index (χ4n) is 0.312. The molecule has 1 heterocycles. The predicted molar refractivity (Wildman–Crippen MR) is 29.7 cm³/mol. The van der Waals surface area contributed by atoms with Gasteiger partial charge in [-0.3, -0.25) is 9.89 Å². The SMILES string of the molecule is O=C(S)c1nc[nH]n1. The monoisotopic (exact) mass is 129 g/mol. The third kappa shape index (κ3) is 0.865.